The zero-order valence-electron chi connectivity index (χ0n) is 16.8. The third kappa shape index (κ3) is 6.61. The van der Waals surface area contributed by atoms with Gasteiger partial charge in [0.2, 0.25) is 0 Å². The van der Waals surface area contributed by atoms with Gasteiger partial charge in [0.15, 0.2) is 5.96 Å². The van der Waals surface area contributed by atoms with Crippen LogP contribution in [0, 0.1) is 5.41 Å². The Labute approximate surface area is 158 Å². The normalized spacial score (nSPS) is 16.4. The van der Waals surface area contributed by atoms with Gasteiger partial charge in [-0.05, 0) is 49.7 Å². The number of ether oxygens (including phenoxy) is 2. The third-order valence-electron chi connectivity index (χ3n) is 5.17. The summed E-state index contributed by atoms with van der Waals surface area (Å²) < 4.78 is 10.9. The maximum atomic E-state index is 5.64. The fraction of sp³-hybridized carbons (Fsp3) is 0.667. The van der Waals surface area contributed by atoms with Crippen LogP contribution in [0.15, 0.2) is 29.3 Å². The van der Waals surface area contributed by atoms with Crippen LogP contribution in [-0.2, 0) is 22.6 Å². The summed E-state index contributed by atoms with van der Waals surface area (Å²) in [4.78, 5) is 4.35. The molecule has 0 heterocycles. The lowest BCUT2D eigenvalue weighted by molar-refractivity contribution is 0.0657. The van der Waals surface area contributed by atoms with E-state index in [-0.39, 0.29) is 6.10 Å². The molecule has 1 saturated carbocycles. The van der Waals surface area contributed by atoms with E-state index >= 15 is 0 Å². The number of nitrogens with one attached hydrogen (secondary N) is 2. The summed E-state index contributed by atoms with van der Waals surface area (Å²) in [5, 5.41) is 6.91. The quantitative estimate of drug-likeness (QED) is 0.495. The third-order valence-corrected chi connectivity index (χ3v) is 5.17. The van der Waals surface area contributed by atoms with Crippen molar-refractivity contribution >= 4 is 5.96 Å². The molecule has 2 rings (SSSR count). The van der Waals surface area contributed by atoms with Crippen LogP contribution in [-0.4, -0.2) is 39.4 Å². The fourth-order valence-electron chi connectivity index (χ4n) is 3.20. The van der Waals surface area contributed by atoms with Gasteiger partial charge in [0.25, 0.3) is 0 Å². The van der Waals surface area contributed by atoms with Crippen molar-refractivity contribution in [3.8, 4) is 0 Å². The summed E-state index contributed by atoms with van der Waals surface area (Å²) in [6.07, 6.45) is 5.26. The van der Waals surface area contributed by atoms with Gasteiger partial charge in [-0.15, -0.1) is 0 Å². The molecule has 26 heavy (non-hydrogen) atoms. The Balaban J connectivity index is 1.76. The van der Waals surface area contributed by atoms with Crippen molar-refractivity contribution in [2.75, 3.05) is 27.3 Å². The molecule has 0 spiro atoms. The van der Waals surface area contributed by atoms with Crippen molar-refractivity contribution in [3.05, 3.63) is 35.4 Å². The summed E-state index contributed by atoms with van der Waals surface area (Å²) in [5.41, 5.74) is 2.82. The van der Waals surface area contributed by atoms with E-state index in [1.54, 1.807) is 7.11 Å². The Morgan fingerprint density at radius 1 is 1.15 bits per heavy atom. The summed E-state index contributed by atoms with van der Waals surface area (Å²) >= 11 is 0. The molecule has 1 aromatic rings. The van der Waals surface area contributed by atoms with E-state index < -0.39 is 0 Å². The van der Waals surface area contributed by atoms with Gasteiger partial charge in [-0.1, -0.05) is 30.7 Å². The number of guanidine groups is 1. The molecule has 146 valence electrons. The number of hydrogen-bond donors (Lipinski definition) is 2. The molecule has 0 saturated heterocycles. The lowest BCUT2D eigenvalue weighted by Gasteiger charge is -2.42. The number of hydrogen-bond acceptors (Lipinski definition) is 3. The first kappa shape index (κ1) is 20.7. The average Bonchev–Trinajstić information content (AvgIpc) is 2.62. The Morgan fingerprint density at radius 2 is 1.85 bits per heavy atom. The molecule has 1 aliphatic carbocycles. The summed E-state index contributed by atoms with van der Waals surface area (Å²) in [6.45, 7) is 7.33. The van der Waals surface area contributed by atoms with Crippen molar-refractivity contribution < 1.29 is 9.47 Å². The largest absolute Gasteiger partial charge is 0.385 e. The van der Waals surface area contributed by atoms with Gasteiger partial charge in [-0.25, -0.2) is 0 Å². The van der Waals surface area contributed by atoms with Crippen molar-refractivity contribution in [1.82, 2.24) is 10.6 Å². The van der Waals surface area contributed by atoms with Gasteiger partial charge >= 0.3 is 0 Å². The molecule has 0 aromatic heterocycles. The predicted octanol–water partition coefficient (Wildman–Crippen LogP) is 3.48. The van der Waals surface area contributed by atoms with E-state index in [9.17, 15) is 0 Å². The summed E-state index contributed by atoms with van der Waals surface area (Å²) in [6, 6.07) is 8.55. The van der Waals surface area contributed by atoms with E-state index in [1.165, 1.54) is 30.4 Å². The Morgan fingerprint density at radius 3 is 2.38 bits per heavy atom. The zero-order chi connectivity index (χ0) is 18.8. The van der Waals surface area contributed by atoms with Crippen molar-refractivity contribution in [1.29, 1.82) is 0 Å². The Hall–Kier alpha value is -1.59. The first-order valence-electron chi connectivity index (χ1n) is 9.70. The zero-order valence-corrected chi connectivity index (χ0v) is 16.8. The second kappa shape index (κ2) is 10.5. The van der Waals surface area contributed by atoms with Crippen LogP contribution in [0.4, 0.5) is 0 Å². The van der Waals surface area contributed by atoms with Crippen molar-refractivity contribution in [2.45, 2.75) is 58.8 Å². The monoisotopic (exact) mass is 361 g/mol. The number of benzene rings is 1. The highest BCUT2D eigenvalue weighted by molar-refractivity contribution is 5.79. The lowest BCUT2D eigenvalue weighted by Crippen LogP contribution is -2.46. The highest BCUT2D eigenvalue weighted by Crippen LogP contribution is 2.43. The molecule has 5 nitrogen and oxygen atoms in total. The second-order valence-electron chi connectivity index (χ2n) is 7.55. The second-order valence-corrected chi connectivity index (χ2v) is 7.55. The van der Waals surface area contributed by atoms with Crippen LogP contribution in [0.25, 0.3) is 0 Å². The van der Waals surface area contributed by atoms with Gasteiger partial charge in [-0.3, -0.25) is 4.99 Å². The fourth-order valence-corrected chi connectivity index (χ4v) is 3.20. The van der Waals surface area contributed by atoms with Gasteiger partial charge in [0, 0.05) is 33.9 Å². The molecule has 1 fully saturated rings. The maximum Gasteiger partial charge on any atom is 0.191 e. The Kier molecular flexibility index (Phi) is 8.39. The molecule has 5 heteroatoms. The minimum atomic E-state index is 0.258. The maximum absolute atomic E-state index is 5.64. The van der Waals surface area contributed by atoms with Gasteiger partial charge in [0.1, 0.15) is 0 Å². The van der Waals surface area contributed by atoms with E-state index in [0.29, 0.717) is 12.0 Å². The SMILES string of the molecule is CN=C(NCc1ccc(COC(C)C)cc1)NCC1(CCOC)CCC1. The molecule has 2 N–H and O–H groups in total. The van der Waals surface area contributed by atoms with E-state index in [2.05, 4.69) is 53.7 Å². The number of methoxy groups -OCH3 is 1. The van der Waals surface area contributed by atoms with Crippen LogP contribution in [0.1, 0.15) is 50.7 Å². The van der Waals surface area contributed by atoms with E-state index in [1.807, 2.05) is 7.05 Å². The lowest BCUT2D eigenvalue weighted by atomic mass is 9.67. The Bertz CT molecular complexity index is 551. The topological polar surface area (TPSA) is 54.9 Å². The molecule has 0 atom stereocenters. The number of aliphatic imine (C=N–C) groups is 1. The average molecular weight is 362 g/mol. The van der Waals surface area contributed by atoms with Crippen LogP contribution in [0.5, 0.6) is 0 Å². The molecule has 0 unspecified atom stereocenters. The van der Waals surface area contributed by atoms with Crippen LogP contribution in [0.2, 0.25) is 0 Å². The molecular weight excluding hydrogens is 326 g/mol. The molecular formula is C21H35N3O2. The molecule has 0 amide bonds. The van der Waals surface area contributed by atoms with Crippen LogP contribution >= 0.6 is 0 Å². The molecule has 0 bridgehead atoms. The van der Waals surface area contributed by atoms with Crippen molar-refractivity contribution in [3.63, 3.8) is 0 Å². The van der Waals surface area contributed by atoms with E-state index in [0.717, 1.165) is 32.1 Å². The molecule has 0 aliphatic heterocycles. The van der Waals surface area contributed by atoms with Gasteiger partial charge < -0.3 is 20.1 Å². The van der Waals surface area contributed by atoms with Crippen molar-refractivity contribution in [2.24, 2.45) is 10.4 Å². The van der Waals surface area contributed by atoms with Gasteiger partial charge in [0.05, 0.1) is 12.7 Å². The summed E-state index contributed by atoms with van der Waals surface area (Å²) in [5.74, 6) is 0.862. The first-order chi connectivity index (χ1) is 12.6. The highest BCUT2D eigenvalue weighted by atomic mass is 16.5. The standard InChI is InChI=1S/C21H35N3O2/c1-17(2)26-15-19-8-6-18(7-9-19)14-23-20(22-3)24-16-21(10-5-11-21)12-13-25-4/h6-9,17H,5,10-16H2,1-4H3,(H2,22,23,24). The number of rotatable bonds is 10. The first-order valence-corrected chi connectivity index (χ1v) is 9.70. The highest BCUT2D eigenvalue weighted by Gasteiger charge is 2.36. The summed E-state index contributed by atoms with van der Waals surface area (Å²) in [7, 11) is 3.60. The minimum Gasteiger partial charge on any atom is -0.385 e. The van der Waals surface area contributed by atoms with E-state index in [4.69, 9.17) is 9.47 Å². The number of nitrogens with zero attached hydrogens (tertiary/aromatic N) is 1. The van der Waals surface area contributed by atoms with Gasteiger partial charge in [-0.2, -0.15) is 0 Å². The predicted molar refractivity (Wildman–Crippen MR) is 107 cm³/mol. The molecule has 1 aliphatic rings. The smallest absolute Gasteiger partial charge is 0.191 e. The molecule has 0 radical (unpaired) electrons. The molecule has 1 aromatic carbocycles. The van der Waals surface area contributed by atoms with Crippen LogP contribution in [0.3, 0.4) is 0 Å². The minimum absolute atomic E-state index is 0.258. The van der Waals surface area contributed by atoms with Crippen LogP contribution < -0.4 is 10.6 Å².